The van der Waals surface area contributed by atoms with Gasteiger partial charge in [0, 0.05) is 16.8 Å². The molecule has 2 aromatic rings. The first kappa shape index (κ1) is 19.5. The Morgan fingerprint density at radius 1 is 1.21 bits per heavy atom. The molecule has 2 N–H and O–H groups in total. The van der Waals surface area contributed by atoms with E-state index in [0.717, 1.165) is 45.5 Å². The lowest BCUT2D eigenvalue weighted by molar-refractivity contribution is -0.137. The highest BCUT2D eigenvalue weighted by molar-refractivity contribution is 7.16. The topological polar surface area (TPSA) is 89.2 Å². The van der Waals surface area contributed by atoms with Gasteiger partial charge in [0.25, 0.3) is 0 Å². The molecule has 150 valence electrons. The van der Waals surface area contributed by atoms with Crippen LogP contribution < -0.4 is 5.73 Å². The second-order valence-corrected chi connectivity index (χ2v) is 11.0. The Morgan fingerprint density at radius 3 is 2.64 bits per heavy atom. The van der Waals surface area contributed by atoms with Crippen molar-refractivity contribution in [2.45, 2.75) is 64.8 Å². The molecular weight excluding hydrogens is 392 g/mol. The number of hydrogen-bond donors (Lipinski definition) is 1. The molecule has 0 spiro atoms. The lowest BCUT2D eigenvalue weighted by Crippen LogP contribution is -2.46. The predicted octanol–water partition coefficient (Wildman–Crippen LogP) is 2.93. The van der Waals surface area contributed by atoms with Crippen LogP contribution in [0.4, 0.5) is 0 Å². The van der Waals surface area contributed by atoms with Gasteiger partial charge in [0.2, 0.25) is 11.8 Å². The van der Waals surface area contributed by atoms with Gasteiger partial charge < -0.3 is 10.6 Å². The molecule has 2 aliphatic rings. The Balaban J connectivity index is 1.57. The van der Waals surface area contributed by atoms with E-state index in [1.165, 1.54) is 4.88 Å². The molecule has 0 unspecified atom stereocenters. The summed E-state index contributed by atoms with van der Waals surface area (Å²) < 4.78 is 0. The van der Waals surface area contributed by atoms with Gasteiger partial charge in [0.1, 0.15) is 11.0 Å². The Morgan fingerprint density at radius 2 is 1.96 bits per heavy atom. The van der Waals surface area contributed by atoms with Crippen LogP contribution >= 0.6 is 22.7 Å². The molecule has 1 fully saturated rings. The minimum atomic E-state index is -0.499. The smallest absolute Gasteiger partial charge is 0.240 e. The van der Waals surface area contributed by atoms with Gasteiger partial charge in [-0.15, -0.1) is 22.7 Å². The molecule has 8 heteroatoms. The van der Waals surface area contributed by atoms with Gasteiger partial charge in [-0.1, -0.05) is 27.7 Å². The largest absolute Gasteiger partial charge is 0.368 e. The highest BCUT2D eigenvalue weighted by Crippen LogP contribution is 2.42. The van der Waals surface area contributed by atoms with E-state index >= 15 is 0 Å². The van der Waals surface area contributed by atoms with Crippen LogP contribution in [0.15, 0.2) is 0 Å². The van der Waals surface area contributed by atoms with Crippen molar-refractivity contribution in [1.82, 2.24) is 14.9 Å². The van der Waals surface area contributed by atoms with Crippen molar-refractivity contribution in [3.05, 3.63) is 20.6 Å². The first-order valence-corrected chi connectivity index (χ1v) is 11.4. The SMILES string of the molecule is C[C@H]1CCN(C(=O)Cc2nc3c(s2)-c2nc(C(C)(C)C)sc2CC3)[C@@H]1C(N)=O. The number of rotatable bonds is 3. The number of aryl methyl sites for hydroxylation is 2. The van der Waals surface area contributed by atoms with E-state index in [2.05, 4.69) is 20.8 Å². The number of primary amides is 1. The maximum atomic E-state index is 12.8. The molecule has 3 heterocycles. The lowest BCUT2D eigenvalue weighted by Gasteiger charge is -2.23. The monoisotopic (exact) mass is 418 g/mol. The number of carbonyl (C=O) groups excluding carboxylic acids is 2. The van der Waals surface area contributed by atoms with Crippen LogP contribution in [-0.2, 0) is 34.3 Å². The van der Waals surface area contributed by atoms with Crippen LogP contribution in [0, 0.1) is 5.92 Å². The highest BCUT2D eigenvalue weighted by Gasteiger charge is 2.38. The molecule has 1 saturated heterocycles. The van der Waals surface area contributed by atoms with E-state index in [0.29, 0.717) is 6.54 Å². The average Bonchev–Trinajstić information content (AvgIpc) is 3.28. The van der Waals surface area contributed by atoms with Crippen LogP contribution in [0.5, 0.6) is 0 Å². The molecule has 4 rings (SSSR count). The maximum absolute atomic E-state index is 12.8. The number of amides is 2. The molecule has 6 nitrogen and oxygen atoms in total. The van der Waals surface area contributed by atoms with Gasteiger partial charge in [-0.25, -0.2) is 9.97 Å². The van der Waals surface area contributed by atoms with Crippen LogP contribution in [-0.4, -0.2) is 39.3 Å². The number of thiazole rings is 2. The Labute approximate surface area is 173 Å². The molecule has 0 bridgehead atoms. The fourth-order valence-corrected chi connectivity index (χ4v) is 6.28. The first-order chi connectivity index (χ1) is 13.1. The summed E-state index contributed by atoms with van der Waals surface area (Å²) in [6.07, 6.45) is 2.88. The summed E-state index contributed by atoms with van der Waals surface area (Å²) in [6, 6.07) is -0.499. The van der Waals surface area contributed by atoms with Crippen molar-refractivity contribution >= 4 is 34.5 Å². The Bertz CT molecular complexity index is 941. The summed E-state index contributed by atoms with van der Waals surface area (Å²) in [5, 5.41) is 1.95. The summed E-state index contributed by atoms with van der Waals surface area (Å²) in [6.45, 7) is 9.11. The first-order valence-electron chi connectivity index (χ1n) is 9.73. The second-order valence-electron chi connectivity index (χ2n) is 8.80. The molecule has 2 aromatic heterocycles. The number of nitrogens with zero attached hydrogens (tertiary/aromatic N) is 3. The molecule has 0 saturated carbocycles. The van der Waals surface area contributed by atoms with E-state index in [-0.39, 0.29) is 23.7 Å². The van der Waals surface area contributed by atoms with Crippen molar-refractivity contribution in [2.75, 3.05) is 6.54 Å². The van der Waals surface area contributed by atoms with Crippen LogP contribution in [0.1, 0.15) is 54.7 Å². The van der Waals surface area contributed by atoms with Crippen LogP contribution in [0.2, 0.25) is 0 Å². The van der Waals surface area contributed by atoms with Gasteiger partial charge in [0.15, 0.2) is 0 Å². The lowest BCUT2D eigenvalue weighted by atomic mass is 9.98. The van der Waals surface area contributed by atoms with E-state index in [1.807, 2.05) is 6.92 Å². The summed E-state index contributed by atoms with van der Waals surface area (Å²) in [7, 11) is 0. The van der Waals surface area contributed by atoms with Gasteiger partial charge in [-0.3, -0.25) is 9.59 Å². The predicted molar refractivity (Wildman–Crippen MR) is 112 cm³/mol. The zero-order chi connectivity index (χ0) is 20.2. The number of carbonyl (C=O) groups is 2. The molecular formula is C20H26N4O2S2. The van der Waals surface area contributed by atoms with Crippen LogP contribution in [0.3, 0.4) is 0 Å². The summed E-state index contributed by atoms with van der Waals surface area (Å²) >= 11 is 3.36. The minimum absolute atomic E-state index is 0.0296. The number of hydrogen-bond acceptors (Lipinski definition) is 6. The fraction of sp³-hybridized carbons (Fsp3) is 0.600. The van der Waals surface area contributed by atoms with Gasteiger partial charge >= 0.3 is 0 Å². The van der Waals surface area contributed by atoms with E-state index < -0.39 is 11.9 Å². The van der Waals surface area contributed by atoms with Crippen LogP contribution in [0.25, 0.3) is 10.6 Å². The zero-order valence-corrected chi connectivity index (χ0v) is 18.4. The Hall–Kier alpha value is -1.80. The third kappa shape index (κ3) is 3.37. The highest BCUT2D eigenvalue weighted by atomic mass is 32.1. The van der Waals surface area contributed by atoms with Crippen molar-refractivity contribution in [1.29, 1.82) is 0 Å². The summed E-state index contributed by atoms with van der Waals surface area (Å²) in [4.78, 5) is 38.3. The molecule has 2 atom stereocenters. The fourth-order valence-electron chi connectivity index (χ4n) is 3.97. The van der Waals surface area contributed by atoms with Crippen molar-refractivity contribution in [3.8, 4) is 10.6 Å². The van der Waals surface area contributed by atoms with E-state index in [4.69, 9.17) is 15.7 Å². The molecule has 28 heavy (non-hydrogen) atoms. The zero-order valence-electron chi connectivity index (χ0n) is 16.7. The van der Waals surface area contributed by atoms with E-state index in [1.54, 1.807) is 27.6 Å². The van der Waals surface area contributed by atoms with Crippen molar-refractivity contribution in [2.24, 2.45) is 11.7 Å². The Kier molecular flexibility index (Phi) is 4.82. The number of fused-ring (bicyclic) bond motifs is 3. The van der Waals surface area contributed by atoms with E-state index in [9.17, 15) is 9.59 Å². The molecule has 2 amide bonds. The maximum Gasteiger partial charge on any atom is 0.240 e. The second kappa shape index (κ2) is 6.91. The third-order valence-electron chi connectivity index (χ3n) is 5.50. The third-order valence-corrected chi connectivity index (χ3v) is 8.14. The van der Waals surface area contributed by atoms with Gasteiger partial charge in [-0.05, 0) is 25.2 Å². The quantitative estimate of drug-likeness (QED) is 0.830. The molecule has 0 aromatic carbocycles. The van der Waals surface area contributed by atoms with Gasteiger partial charge in [-0.2, -0.15) is 0 Å². The van der Waals surface area contributed by atoms with Crippen molar-refractivity contribution in [3.63, 3.8) is 0 Å². The number of aromatic nitrogens is 2. The number of likely N-dealkylation sites (tertiary alicyclic amines) is 1. The minimum Gasteiger partial charge on any atom is -0.368 e. The standard InChI is InChI=1S/C20H26N4O2S2/c1-10-7-8-24(16(10)18(21)26)14(25)9-13-22-11-5-6-12-15(17(11)28-13)23-19(27-12)20(2,3)4/h10,16H,5-9H2,1-4H3,(H2,21,26)/t10-,16-/m0/s1. The van der Waals surface area contributed by atoms with Gasteiger partial charge in [0.05, 0.1) is 27.7 Å². The molecule has 1 aliphatic heterocycles. The number of nitrogens with two attached hydrogens (primary N) is 1. The molecule has 1 aliphatic carbocycles. The summed E-state index contributed by atoms with van der Waals surface area (Å²) in [5.74, 6) is -0.369. The normalized spacial score (nSPS) is 21.5. The average molecular weight is 419 g/mol. The molecule has 0 radical (unpaired) electrons. The van der Waals surface area contributed by atoms with Crippen molar-refractivity contribution < 1.29 is 9.59 Å². The summed E-state index contributed by atoms with van der Waals surface area (Å²) in [5.41, 5.74) is 7.66.